The fraction of sp³-hybridized carbons (Fsp3) is 0.579. The van der Waals surface area contributed by atoms with Crippen LogP contribution in [0, 0.1) is 11.8 Å². The van der Waals surface area contributed by atoms with Crippen LogP contribution in [0.15, 0.2) is 24.3 Å². The van der Waals surface area contributed by atoms with Crippen molar-refractivity contribution in [2.24, 2.45) is 11.8 Å². The van der Waals surface area contributed by atoms with Crippen molar-refractivity contribution < 1.29 is 9.59 Å². The minimum Gasteiger partial charge on any atom is -0.352 e. The highest BCUT2D eigenvalue weighted by Gasteiger charge is 2.37. The Morgan fingerprint density at radius 2 is 2.12 bits per heavy atom. The van der Waals surface area contributed by atoms with E-state index in [2.05, 4.69) is 24.5 Å². The summed E-state index contributed by atoms with van der Waals surface area (Å²) in [7, 11) is 0. The number of halogens is 1. The summed E-state index contributed by atoms with van der Waals surface area (Å²) in [6.07, 6.45) is 2.25. The van der Waals surface area contributed by atoms with E-state index in [0.717, 1.165) is 37.2 Å². The van der Waals surface area contributed by atoms with Crippen molar-refractivity contribution in [2.45, 2.75) is 39.2 Å². The van der Waals surface area contributed by atoms with Crippen LogP contribution < -0.4 is 15.5 Å². The highest BCUT2D eigenvalue weighted by Crippen LogP contribution is 2.28. The highest BCUT2D eigenvalue weighted by molar-refractivity contribution is 6.00. The highest BCUT2D eigenvalue weighted by atomic mass is 35.5. The molecule has 3 rings (SSSR count). The average molecular weight is 366 g/mol. The molecule has 0 bridgehead atoms. The largest absolute Gasteiger partial charge is 0.352 e. The smallest absolute Gasteiger partial charge is 0.227 e. The monoisotopic (exact) mass is 365 g/mol. The van der Waals surface area contributed by atoms with E-state index < -0.39 is 0 Å². The minimum atomic E-state index is -0.253. The Morgan fingerprint density at radius 3 is 2.84 bits per heavy atom. The molecule has 0 saturated carbocycles. The molecule has 2 amide bonds. The van der Waals surface area contributed by atoms with Gasteiger partial charge in [-0.15, -0.1) is 12.4 Å². The molecule has 2 saturated heterocycles. The first-order valence-corrected chi connectivity index (χ1v) is 8.99. The van der Waals surface area contributed by atoms with E-state index in [1.807, 2.05) is 24.3 Å². The number of para-hydroxylation sites is 1. The van der Waals surface area contributed by atoms with Crippen molar-refractivity contribution in [2.75, 3.05) is 24.5 Å². The van der Waals surface area contributed by atoms with Gasteiger partial charge in [0.25, 0.3) is 0 Å². The molecular formula is C19H28ClN3O2. The number of piperidine rings is 1. The lowest BCUT2D eigenvalue weighted by Gasteiger charge is -2.31. The summed E-state index contributed by atoms with van der Waals surface area (Å²) in [5.74, 6) is 0.284. The summed E-state index contributed by atoms with van der Waals surface area (Å²) in [4.78, 5) is 26.8. The van der Waals surface area contributed by atoms with Gasteiger partial charge in [-0.3, -0.25) is 9.59 Å². The summed E-state index contributed by atoms with van der Waals surface area (Å²) in [5, 5.41) is 6.48. The Hall–Kier alpha value is -1.59. The number of anilines is 1. The van der Waals surface area contributed by atoms with Gasteiger partial charge >= 0.3 is 0 Å². The molecule has 2 fully saturated rings. The average Bonchev–Trinajstić information content (AvgIpc) is 2.98. The Kier molecular flexibility index (Phi) is 6.85. The zero-order valence-electron chi connectivity index (χ0n) is 15.0. The lowest BCUT2D eigenvalue weighted by Crippen LogP contribution is -2.51. The van der Waals surface area contributed by atoms with E-state index in [1.54, 1.807) is 4.90 Å². The molecule has 2 aliphatic rings. The van der Waals surface area contributed by atoms with Crippen molar-refractivity contribution in [3.05, 3.63) is 29.8 Å². The number of hydrogen-bond acceptors (Lipinski definition) is 3. The number of carbonyl (C=O) groups excluding carboxylic acids is 2. The van der Waals surface area contributed by atoms with Crippen LogP contribution >= 0.6 is 12.4 Å². The number of carbonyl (C=O) groups is 2. The number of benzene rings is 1. The maximum Gasteiger partial charge on any atom is 0.227 e. The van der Waals surface area contributed by atoms with Gasteiger partial charge in [0.2, 0.25) is 11.8 Å². The first kappa shape index (κ1) is 19.7. The minimum absolute atomic E-state index is 0. The van der Waals surface area contributed by atoms with Gasteiger partial charge in [-0.25, -0.2) is 0 Å². The Labute approximate surface area is 155 Å². The molecule has 25 heavy (non-hydrogen) atoms. The van der Waals surface area contributed by atoms with Gasteiger partial charge < -0.3 is 15.5 Å². The predicted octanol–water partition coefficient (Wildman–Crippen LogP) is 2.14. The Balaban J connectivity index is 0.00000225. The van der Waals surface area contributed by atoms with Crippen LogP contribution in [0.3, 0.4) is 0 Å². The Bertz CT molecular complexity index is 622. The van der Waals surface area contributed by atoms with Crippen molar-refractivity contribution >= 4 is 29.9 Å². The van der Waals surface area contributed by atoms with Gasteiger partial charge in [-0.2, -0.15) is 0 Å². The second kappa shape index (κ2) is 8.68. The zero-order chi connectivity index (χ0) is 17.1. The SMILES string of the molecule is CCc1ccccc1N1CC(C(=O)NC2CNCCC2C)CC1=O.Cl. The molecule has 138 valence electrons. The van der Waals surface area contributed by atoms with Crippen LogP contribution in [0.25, 0.3) is 0 Å². The fourth-order valence-electron chi connectivity index (χ4n) is 3.67. The normalized spacial score (nSPS) is 26.2. The first-order chi connectivity index (χ1) is 11.6. The van der Waals surface area contributed by atoms with E-state index in [-0.39, 0.29) is 36.2 Å². The number of aryl methyl sites for hydroxylation is 1. The summed E-state index contributed by atoms with van der Waals surface area (Å²) < 4.78 is 0. The van der Waals surface area contributed by atoms with Gasteiger partial charge in [-0.1, -0.05) is 32.0 Å². The molecule has 0 radical (unpaired) electrons. The molecule has 2 aliphatic heterocycles. The van der Waals surface area contributed by atoms with Gasteiger partial charge in [0.15, 0.2) is 0 Å². The van der Waals surface area contributed by atoms with Crippen molar-refractivity contribution in [3.8, 4) is 0 Å². The standard InChI is InChI=1S/C19H27N3O2.ClH/c1-3-14-6-4-5-7-17(14)22-12-15(10-18(22)23)19(24)21-16-11-20-9-8-13(16)2;/h4-7,13,15-16,20H,3,8-12H2,1-2H3,(H,21,24);1H. The predicted molar refractivity (Wildman–Crippen MR) is 102 cm³/mol. The maximum absolute atomic E-state index is 12.6. The third-order valence-corrected chi connectivity index (χ3v) is 5.31. The zero-order valence-corrected chi connectivity index (χ0v) is 15.8. The van der Waals surface area contributed by atoms with Crippen molar-refractivity contribution in [1.82, 2.24) is 10.6 Å². The number of hydrogen-bond donors (Lipinski definition) is 2. The van der Waals surface area contributed by atoms with Crippen LogP contribution in [0.4, 0.5) is 5.69 Å². The summed E-state index contributed by atoms with van der Waals surface area (Å²) >= 11 is 0. The third kappa shape index (κ3) is 4.33. The molecular weight excluding hydrogens is 338 g/mol. The summed E-state index contributed by atoms with van der Waals surface area (Å²) in [6.45, 7) is 6.57. The molecule has 0 spiro atoms. The maximum atomic E-state index is 12.6. The number of rotatable bonds is 4. The fourth-order valence-corrected chi connectivity index (χ4v) is 3.67. The van der Waals surface area contributed by atoms with Crippen LogP contribution in [0.2, 0.25) is 0 Å². The third-order valence-electron chi connectivity index (χ3n) is 5.31. The molecule has 6 heteroatoms. The second-order valence-electron chi connectivity index (χ2n) is 6.97. The topological polar surface area (TPSA) is 61.4 Å². The van der Waals surface area contributed by atoms with Crippen LogP contribution in [-0.2, 0) is 16.0 Å². The van der Waals surface area contributed by atoms with E-state index in [1.165, 1.54) is 0 Å². The molecule has 5 nitrogen and oxygen atoms in total. The van der Waals surface area contributed by atoms with Gasteiger partial charge in [0.05, 0.1) is 5.92 Å². The first-order valence-electron chi connectivity index (χ1n) is 8.99. The molecule has 2 heterocycles. The molecule has 3 atom stereocenters. The van der Waals surface area contributed by atoms with Crippen molar-refractivity contribution in [3.63, 3.8) is 0 Å². The number of nitrogens with one attached hydrogen (secondary N) is 2. The molecule has 1 aromatic rings. The number of nitrogens with zero attached hydrogens (tertiary/aromatic N) is 1. The van der Waals surface area contributed by atoms with E-state index >= 15 is 0 Å². The van der Waals surface area contributed by atoms with Crippen molar-refractivity contribution in [1.29, 1.82) is 0 Å². The van der Waals surface area contributed by atoms with Gasteiger partial charge in [0, 0.05) is 31.2 Å². The number of amides is 2. The van der Waals surface area contributed by atoms with Crippen LogP contribution in [-0.4, -0.2) is 37.5 Å². The Morgan fingerprint density at radius 1 is 1.36 bits per heavy atom. The van der Waals surface area contributed by atoms with E-state index in [0.29, 0.717) is 18.9 Å². The van der Waals surface area contributed by atoms with Crippen LogP contribution in [0.5, 0.6) is 0 Å². The van der Waals surface area contributed by atoms with E-state index in [9.17, 15) is 9.59 Å². The van der Waals surface area contributed by atoms with Crippen LogP contribution in [0.1, 0.15) is 32.3 Å². The lowest BCUT2D eigenvalue weighted by atomic mass is 9.94. The molecule has 3 unspecified atom stereocenters. The molecule has 1 aromatic carbocycles. The quantitative estimate of drug-likeness (QED) is 0.859. The molecule has 2 N–H and O–H groups in total. The van der Waals surface area contributed by atoms with E-state index in [4.69, 9.17) is 0 Å². The molecule has 0 aliphatic carbocycles. The second-order valence-corrected chi connectivity index (χ2v) is 6.97. The summed E-state index contributed by atoms with van der Waals surface area (Å²) in [5.41, 5.74) is 2.10. The van der Waals surface area contributed by atoms with Gasteiger partial charge in [0.1, 0.15) is 0 Å². The van der Waals surface area contributed by atoms with Gasteiger partial charge in [-0.05, 0) is 36.9 Å². The lowest BCUT2D eigenvalue weighted by molar-refractivity contribution is -0.127. The molecule has 0 aromatic heterocycles. The summed E-state index contributed by atoms with van der Waals surface area (Å²) in [6, 6.07) is 8.13.